The first-order chi connectivity index (χ1) is 8.49. The molecule has 0 saturated carbocycles. The van der Waals surface area contributed by atoms with E-state index in [1.165, 1.54) is 0 Å². The standard InChI is InChI=1S/C11H17NO6/c13-9(5-7-3-1-2-4-18-7)12-8(11(16)17)6-10(14)15/h7-8H,1-6H2,(H,12,13)(H,14,15)(H,16,17)/t7?,8-/m0/s1. The van der Waals surface area contributed by atoms with Gasteiger partial charge in [0.25, 0.3) is 0 Å². The van der Waals surface area contributed by atoms with E-state index in [2.05, 4.69) is 5.32 Å². The van der Waals surface area contributed by atoms with Crippen LogP contribution in [0.4, 0.5) is 0 Å². The second-order valence-electron chi connectivity index (χ2n) is 4.25. The van der Waals surface area contributed by atoms with Gasteiger partial charge in [0.1, 0.15) is 6.04 Å². The maximum atomic E-state index is 11.6. The molecule has 7 nitrogen and oxygen atoms in total. The van der Waals surface area contributed by atoms with Gasteiger partial charge in [0.15, 0.2) is 0 Å². The van der Waals surface area contributed by atoms with E-state index >= 15 is 0 Å². The Morgan fingerprint density at radius 3 is 2.50 bits per heavy atom. The van der Waals surface area contributed by atoms with Gasteiger partial charge in [-0.1, -0.05) is 0 Å². The molecule has 0 aromatic rings. The summed E-state index contributed by atoms with van der Waals surface area (Å²) in [4.78, 5) is 32.8. The van der Waals surface area contributed by atoms with Crippen LogP contribution in [0.1, 0.15) is 32.1 Å². The number of amides is 1. The second-order valence-corrected chi connectivity index (χ2v) is 4.25. The topological polar surface area (TPSA) is 113 Å². The molecule has 0 spiro atoms. The number of carbonyl (C=O) groups excluding carboxylic acids is 1. The molecule has 0 aliphatic carbocycles. The zero-order valence-electron chi connectivity index (χ0n) is 9.92. The lowest BCUT2D eigenvalue weighted by molar-refractivity contribution is -0.147. The highest BCUT2D eigenvalue weighted by molar-refractivity contribution is 5.86. The van der Waals surface area contributed by atoms with Crippen LogP contribution in [0.25, 0.3) is 0 Å². The maximum absolute atomic E-state index is 11.6. The minimum Gasteiger partial charge on any atom is -0.481 e. The van der Waals surface area contributed by atoms with Gasteiger partial charge in [-0.15, -0.1) is 0 Å². The fraction of sp³-hybridized carbons (Fsp3) is 0.727. The van der Waals surface area contributed by atoms with E-state index in [1.54, 1.807) is 0 Å². The summed E-state index contributed by atoms with van der Waals surface area (Å²) in [7, 11) is 0. The second kappa shape index (κ2) is 6.95. The number of carboxylic acid groups (broad SMARTS) is 2. The summed E-state index contributed by atoms with van der Waals surface area (Å²) in [6, 6.07) is -1.39. The molecule has 0 aromatic carbocycles. The molecule has 7 heteroatoms. The molecule has 1 rings (SSSR count). The first-order valence-corrected chi connectivity index (χ1v) is 5.84. The SMILES string of the molecule is O=C(O)C[C@H](NC(=O)CC1CCCCO1)C(=O)O. The Morgan fingerprint density at radius 1 is 1.28 bits per heavy atom. The van der Waals surface area contributed by atoms with Crippen molar-refractivity contribution in [3.8, 4) is 0 Å². The molecule has 1 heterocycles. The number of carbonyl (C=O) groups is 3. The number of carboxylic acids is 2. The van der Waals surface area contributed by atoms with Crippen molar-refractivity contribution in [3.05, 3.63) is 0 Å². The minimum absolute atomic E-state index is 0.0728. The molecule has 2 atom stereocenters. The molecule has 0 bridgehead atoms. The van der Waals surface area contributed by atoms with Gasteiger partial charge in [-0.3, -0.25) is 9.59 Å². The van der Waals surface area contributed by atoms with Crippen LogP contribution in [0.5, 0.6) is 0 Å². The lowest BCUT2D eigenvalue weighted by Gasteiger charge is -2.22. The normalized spacial score (nSPS) is 21.0. The molecule has 1 fully saturated rings. The molecule has 1 amide bonds. The summed E-state index contributed by atoms with van der Waals surface area (Å²) < 4.78 is 5.35. The first-order valence-electron chi connectivity index (χ1n) is 5.84. The first kappa shape index (κ1) is 14.4. The van der Waals surface area contributed by atoms with Gasteiger partial charge in [-0.2, -0.15) is 0 Å². The number of hydrogen-bond donors (Lipinski definition) is 3. The average molecular weight is 259 g/mol. The summed E-state index contributed by atoms with van der Waals surface area (Å²) in [6.45, 7) is 0.607. The highest BCUT2D eigenvalue weighted by atomic mass is 16.5. The van der Waals surface area contributed by atoms with E-state index in [9.17, 15) is 14.4 Å². The van der Waals surface area contributed by atoms with E-state index < -0.39 is 30.3 Å². The Balaban J connectivity index is 2.40. The molecular formula is C11H17NO6. The van der Waals surface area contributed by atoms with E-state index in [0.29, 0.717) is 6.61 Å². The Hall–Kier alpha value is -1.63. The van der Waals surface area contributed by atoms with Crippen LogP contribution in [-0.4, -0.2) is 46.8 Å². The quantitative estimate of drug-likeness (QED) is 0.618. The van der Waals surface area contributed by atoms with Gasteiger partial charge in [0.05, 0.1) is 18.9 Å². The Bertz CT molecular complexity index is 323. The molecule has 0 aromatic heterocycles. The minimum atomic E-state index is -1.39. The fourth-order valence-electron chi connectivity index (χ4n) is 1.80. The summed E-state index contributed by atoms with van der Waals surface area (Å²) in [5.74, 6) is -3.11. The van der Waals surface area contributed by atoms with Crippen molar-refractivity contribution in [3.63, 3.8) is 0 Å². The number of nitrogens with one attached hydrogen (secondary N) is 1. The Kier molecular flexibility index (Phi) is 5.57. The van der Waals surface area contributed by atoms with Crippen LogP contribution in [0, 0.1) is 0 Å². The lowest BCUT2D eigenvalue weighted by atomic mass is 10.1. The number of hydrogen-bond acceptors (Lipinski definition) is 4. The summed E-state index contributed by atoms with van der Waals surface area (Å²) in [5, 5.41) is 19.5. The van der Waals surface area contributed by atoms with Crippen LogP contribution in [0.3, 0.4) is 0 Å². The predicted molar refractivity (Wildman–Crippen MR) is 60.0 cm³/mol. The van der Waals surface area contributed by atoms with Crippen molar-refractivity contribution in [2.75, 3.05) is 6.61 Å². The molecule has 1 saturated heterocycles. The number of rotatable bonds is 6. The molecule has 0 radical (unpaired) electrons. The molecule has 18 heavy (non-hydrogen) atoms. The van der Waals surface area contributed by atoms with Gasteiger partial charge in [0, 0.05) is 6.61 Å². The highest BCUT2D eigenvalue weighted by Gasteiger charge is 2.25. The van der Waals surface area contributed by atoms with E-state index in [0.717, 1.165) is 19.3 Å². The van der Waals surface area contributed by atoms with Crippen LogP contribution < -0.4 is 5.32 Å². The van der Waals surface area contributed by atoms with E-state index in [1.807, 2.05) is 0 Å². The van der Waals surface area contributed by atoms with Crippen molar-refractivity contribution >= 4 is 17.8 Å². The van der Waals surface area contributed by atoms with Gasteiger partial charge < -0.3 is 20.3 Å². The molecule has 1 unspecified atom stereocenters. The van der Waals surface area contributed by atoms with Crippen LogP contribution in [0.15, 0.2) is 0 Å². The van der Waals surface area contributed by atoms with Crippen molar-refractivity contribution in [1.29, 1.82) is 0 Å². The lowest BCUT2D eigenvalue weighted by Crippen LogP contribution is -2.43. The molecule has 1 aliphatic rings. The Morgan fingerprint density at radius 2 is 2.00 bits per heavy atom. The highest BCUT2D eigenvalue weighted by Crippen LogP contribution is 2.15. The van der Waals surface area contributed by atoms with E-state index in [4.69, 9.17) is 14.9 Å². The maximum Gasteiger partial charge on any atom is 0.326 e. The summed E-state index contributed by atoms with van der Waals surface area (Å²) in [6.07, 6.45) is 1.96. The van der Waals surface area contributed by atoms with Crippen molar-refractivity contribution in [1.82, 2.24) is 5.32 Å². The van der Waals surface area contributed by atoms with Gasteiger partial charge >= 0.3 is 11.9 Å². The molecule has 1 aliphatic heterocycles. The van der Waals surface area contributed by atoms with Crippen LogP contribution >= 0.6 is 0 Å². The monoisotopic (exact) mass is 259 g/mol. The smallest absolute Gasteiger partial charge is 0.326 e. The van der Waals surface area contributed by atoms with Crippen LogP contribution in [-0.2, 0) is 19.1 Å². The summed E-state index contributed by atoms with van der Waals surface area (Å²) >= 11 is 0. The molecule has 3 N–H and O–H groups in total. The van der Waals surface area contributed by atoms with E-state index in [-0.39, 0.29) is 12.5 Å². The van der Waals surface area contributed by atoms with Crippen LogP contribution in [0.2, 0.25) is 0 Å². The third kappa shape index (κ3) is 5.13. The largest absolute Gasteiger partial charge is 0.481 e. The summed E-state index contributed by atoms with van der Waals surface area (Å²) in [5.41, 5.74) is 0. The Labute approximate surface area is 104 Å². The predicted octanol–water partition coefficient (Wildman–Crippen LogP) is -0.0103. The molecular weight excluding hydrogens is 242 g/mol. The third-order valence-electron chi connectivity index (χ3n) is 2.70. The van der Waals surface area contributed by atoms with Crippen molar-refractivity contribution < 1.29 is 29.3 Å². The zero-order chi connectivity index (χ0) is 13.5. The van der Waals surface area contributed by atoms with Crippen molar-refractivity contribution in [2.24, 2.45) is 0 Å². The number of aliphatic carboxylic acids is 2. The third-order valence-corrected chi connectivity index (χ3v) is 2.70. The molecule has 102 valence electrons. The zero-order valence-corrected chi connectivity index (χ0v) is 9.92. The van der Waals surface area contributed by atoms with Crippen molar-refractivity contribution in [2.45, 2.75) is 44.2 Å². The van der Waals surface area contributed by atoms with Gasteiger partial charge in [-0.05, 0) is 19.3 Å². The average Bonchev–Trinajstić information content (AvgIpc) is 2.28. The number of ether oxygens (including phenoxy) is 1. The van der Waals surface area contributed by atoms with Gasteiger partial charge in [0.2, 0.25) is 5.91 Å². The fourth-order valence-corrected chi connectivity index (χ4v) is 1.80. The van der Waals surface area contributed by atoms with Gasteiger partial charge in [-0.25, -0.2) is 4.79 Å².